The maximum Gasteiger partial charge on any atom is 0.214 e. The summed E-state index contributed by atoms with van der Waals surface area (Å²) in [6.07, 6.45) is 0.566. The van der Waals surface area contributed by atoms with E-state index in [-0.39, 0.29) is 5.75 Å². The molecule has 0 bridgehead atoms. The van der Waals surface area contributed by atoms with Gasteiger partial charge in [0.2, 0.25) is 10.0 Å². The summed E-state index contributed by atoms with van der Waals surface area (Å²) in [6.45, 7) is 0.463. The van der Waals surface area contributed by atoms with Crippen LogP contribution in [0.3, 0.4) is 0 Å². The fraction of sp³-hybridized carbons (Fsp3) is 0.750. The van der Waals surface area contributed by atoms with Crippen LogP contribution in [0, 0.1) is 0 Å². The third-order valence-corrected chi connectivity index (χ3v) is 1.78. The van der Waals surface area contributed by atoms with Crippen LogP contribution >= 0.6 is 0 Å². The molecule has 0 saturated heterocycles. The second-order valence-electron chi connectivity index (χ2n) is 2.05. The number of rotatable bonds is 2. The van der Waals surface area contributed by atoms with Gasteiger partial charge in [-0.25, -0.2) is 13.6 Å². The summed E-state index contributed by atoms with van der Waals surface area (Å²) in [5.74, 6) is -0.188. The lowest BCUT2D eigenvalue weighted by Crippen LogP contribution is -2.22. The number of oxime groups is 1. The number of hydrogen-bond donors (Lipinski definition) is 1. The third-order valence-electron chi connectivity index (χ3n) is 1.04. The molecule has 0 amide bonds. The summed E-state index contributed by atoms with van der Waals surface area (Å²) in [6, 6.07) is 0. The molecule has 0 aromatic rings. The van der Waals surface area contributed by atoms with Crippen LogP contribution in [0.4, 0.5) is 0 Å². The number of sulfonamides is 1. The van der Waals surface area contributed by atoms with E-state index in [4.69, 9.17) is 5.14 Å². The molecule has 58 valence electrons. The van der Waals surface area contributed by atoms with Gasteiger partial charge in [-0.2, -0.15) is 0 Å². The molecular weight excluding hydrogens is 156 g/mol. The van der Waals surface area contributed by atoms with Crippen LogP contribution in [0.15, 0.2) is 5.16 Å². The smallest absolute Gasteiger partial charge is 0.214 e. The topological polar surface area (TPSA) is 81.8 Å². The van der Waals surface area contributed by atoms with E-state index >= 15 is 0 Å². The van der Waals surface area contributed by atoms with Gasteiger partial charge in [0.15, 0.2) is 0 Å². The van der Waals surface area contributed by atoms with Crippen LogP contribution in [0.2, 0.25) is 0 Å². The van der Waals surface area contributed by atoms with Crippen molar-refractivity contribution in [2.24, 2.45) is 10.3 Å². The largest absolute Gasteiger partial charge is 0.395 e. The predicted molar refractivity (Wildman–Crippen MR) is 36.0 cm³/mol. The third kappa shape index (κ3) is 2.32. The fourth-order valence-corrected chi connectivity index (χ4v) is 1.34. The van der Waals surface area contributed by atoms with Crippen molar-refractivity contribution in [3.63, 3.8) is 0 Å². The maximum atomic E-state index is 10.4. The SMILES string of the molecule is NS(=O)(=O)CC1=NOCC1. The van der Waals surface area contributed by atoms with Gasteiger partial charge in [0.1, 0.15) is 12.4 Å². The van der Waals surface area contributed by atoms with Crippen LogP contribution in [-0.4, -0.2) is 26.5 Å². The highest BCUT2D eigenvalue weighted by molar-refractivity contribution is 7.89. The Balaban J connectivity index is 2.54. The monoisotopic (exact) mass is 164 g/mol. The van der Waals surface area contributed by atoms with Crippen molar-refractivity contribution in [3.8, 4) is 0 Å². The highest BCUT2D eigenvalue weighted by Gasteiger charge is 2.13. The van der Waals surface area contributed by atoms with Crippen molar-refractivity contribution < 1.29 is 13.3 Å². The van der Waals surface area contributed by atoms with E-state index in [1.54, 1.807) is 0 Å². The van der Waals surface area contributed by atoms with Crippen molar-refractivity contribution in [1.29, 1.82) is 0 Å². The van der Waals surface area contributed by atoms with E-state index in [0.717, 1.165) is 0 Å². The van der Waals surface area contributed by atoms with Crippen LogP contribution in [-0.2, 0) is 14.9 Å². The first kappa shape index (κ1) is 7.49. The first-order valence-corrected chi connectivity index (χ1v) is 4.48. The number of nitrogens with zero attached hydrogens (tertiary/aromatic N) is 1. The second-order valence-corrected chi connectivity index (χ2v) is 3.66. The van der Waals surface area contributed by atoms with E-state index < -0.39 is 10.0 Å². The normalized spacial score (nSPS) is 18.3. The summed E-state index contributed by atoms with van der Waals surface area (Å²) < 4.78 is 20.9. The molecule has 0 unspecified atom stereocenters. The Morgan fingerprint density at radius 1 is 1.70 bits per heavy atom. The molecule has 0 aromatic carbocycles. The van der Waals surface area contributed by atoms with Gasteiger partial charge in [-0.3, -0.25) is 0 Å². The van der Waals surface area contributed by atoms with E-state index in [1.807, 2.05) is 0 Å². The zero-order valence-corrected chi connectivity index (χ0v) is 6.10. The van der Waals surface area contributed by atoms with Crippen LogP contribution in [0.25, 0.3) is 0 Å². The van der Waals surface area contributed by atoms with Gasteiger partial charge in [-0.05, 0) is 0 Å². The van der Waals surface area contributed by atoms with Crippen molar-refractivity contribution in [3.05, 3.63) is 0 Å². The van der Waals surface area contributed by atoms with Gasteiger partial charge in [0, 0.05) is 6.42 Å². The Labute approximate surface area is 58.9 Å². The van der Waals surface area contributed by atoms with E-state index in [2.05, 4.69) is 9.99 Å². The molecule has 2 N–H and O–H groups in total. The zero-order valence-electron chi connectivity index (χ0n) is 5.28. The van der Waals surface area contributed by atoms with Crippen molar-refractivity contribution in [1.82, 2.24) is 0 Å². The standard InChI is InChI=1S/C4H8N2O3S/c5-10(7,8)3-4-1-2-9-6-4/h1-3H2,(H2,5,7,8). The molecule has 5 nitrogen and oxygen atoms in total. The molecule has 1 heterocycles. The molecule has 1 rings (SSSR count). The van der Waals surface area contributed by atoms with Gasteiger partial charge < -0.3 is 4.84 Å². The lowest BCUT2D eigenvalue weighted by atomic mass is 10.3. The number of hydrogen-bond acceptors (Lipinski definition) is 4. The van der Waals surface area contributed by atoms with Gasteiger partial charge in [-0.1, -0.05) is 5.16 Å². The molecule has 1 aliphatic heterocycles. The second kappa shape index (κ2) is 2.55. The molecule has 0 radical (unpaired) electrons. The van der Waals surface area contributed by atoms with Gasteiger partial charge in [-0.15, -0.1) is 0 Å². The average molecular weight is 164 g/mol. The van der Waals surface area contributed by atoms with Crippen LogP contribution in [0.1, 0.15) is 6.42 Å². The van der Waals surface area contributed by atoms with E-state index in [1.165, 1.54) is 0 Å². The number of primary sulfonamides is 1. The molecule has 0 saturated carbocycles. The Morgan fingerprint density at radius 2 is 2.40 bits per heavy atom. The molecule has 0 atom stereocenters. The summed E-state index contributed by atoms with van der Waals surface area (Å²) >= 11 is 0. The Bertz CT molecular complexity index is 243. The summed E-state index contributed by atoms with van der Waals surface area (Å²) in [5.41, 5.74) is 0.502. The molecule has 1 aliphatic rings. The summed E-state index contributed by atoms with van der Waals surface area (Å²) in [5, 5.41) is 8.23. The molecule has 0 spiro atoms. The Kier molecular flexibility index (Phi) is 1.91. The minimum Gasteiger partial charge on any atom is -0.395 e. The predicted octanol–water partition coefficient (Wildman–Crippen LogP) is -0.949. The zero-order chi connectivity index (χ0) is 7.61. The van der Waals surface area contributed by atoms with E-state index in [9.17, 15) is 8.42 Å². The molecule has 0 fully saturated rings. The van der Waals surface area contributed by atoms with E-state index in [0.29, 0.717) is 18.7 Å². The van der Waals surface area contributed by atoms with Crippen molar-refractivity contribution in [2.75, 3.05) is 12.4 Å². The Hall–Kier alpha value is -0.620. The van der Waals surface area contributed by atoms with Gasteiger partial charge in [0.25, 0.3) is 0 Å². The molecule has 10 heavy (non-hydrogen) atoms. The van der Waals surface area contributed by atoms with Gasteiger partial charge in [0.05, 0.1) is 5.71 Å². The lowest BCUT2D eigenvalue weighted by Gasteiger charge is -1.92. The summed E-state index contributed by atoms with van der Waals surface area (Å²) in [4.78, 5) is 4.57. The average Bonchev–Trinajstić information content (AvgIpc) is 2.12. The molecule has 0 aliphatic carbocycles. The van der Waals surface area contributed by atoms with Crippen LogP contribution in [0.5, 0.6) is 0 Å². The lowest BCUT2D eigenvalue weighted by molar-refractivity contribution is 0.173. The van der Waals surface area contributed by atoms with Crippen LogP contribution < -0.4 is 5.14 Å². The van der Waals surface area contributed by atoms with Crippen molar-refractivity contribution >= 4 is 15.7 Å². The number of nitrogens with two attached hydrogens (primary N) is 1. The first-order chi connectivity index (χ1) is 4.58. The first-order valence-electron chi connectivity index (χ1n) is 2.76. The minimum absolute atomic E-state index is 0.188. The fourth-order valence-electron chi connectivity index (χ4n) is 0.677. The quantitative estimate of drug-likeness (QED) is 0.571. The highest BCUT2D eigenvalue weighted by Crippen LogP contribution is 2.00. The Morgan fingerprint density at radius 3 is 2.80 bits per heavy atom. The van der Waals surface area contributed by atoms with Crippen molar-refractivity contribution in [2.45, 2.75) is 6.42 Å². The highest BCUT2D eigenvalue weighted by atomic mass is 32.2. The minimum atomic E-state index is -3.42. The van der Waals surface area contributed by atoms with Gasteiger partial charge >= 0.3 is 0 Å². The molecule has 0 aromatic heterocycles. The summed E-state index contributed by atoms with van der Waals surface area (Å²) in [7, 11) is -3.42. The maximum absolute atomic E-state index is 10.4. The molecular formula is C4H8N2O3S. The molecule has 6 heteroatoms.